The van der Waals surface area contributed by atoms with Crippen LogP contribution in [0.4, 0.5) is 0 Å². The van der Waals surface area contributed by atoms with E-state index in [0.29, 0.717) is 0 Å². The van der Waals surface area contributed by atoms with Crippen LogP contribution in [0.1, 0.15) is 0 Å². The Labute approximate surface area is 77.2 Å². The molecule has 0 unspecified atom stereocenters. The zero-order valence-electron chi connectivity index (χ0n) is 8.06. The lowest BCUT2D eigenvalue weighted by Crippen LogP contribution is -2.26. The van der Waals surface area contributed by atoms with Gasteiger partial charge in [-0.15, -0.1) is 0 Å². The minimum atomic E-state index is -1.18. The second-order valence-electron chi connectivity index (χ2n) is 2.55. The first kappa shape index (κ1) is 11.6. The van der Waals surface area contributed by atoms with E-state index in [0.717, 1.165) is 0 Å². The van der Waals surface area contributed by atoms with Crippen LogP contribution in [-0.2, 0) is 23.6 Å². The molecular formula is C8H14N2O3. The van der Waals surface area contributed by atoms with Gasteiger partial charge in [0.25, 0.3) is 0 Å². The van der Waals surface area contributed by atoms with Crippen LogP contribution in [0.5, 0.6) is 0 Å². The van der Waals surface area contributed by atoms with E-state index in [9.17, 15) is 9.90 Å². The van der Waals surface area contributed by atoms with Crippen LogP contribution in [0.3, 0.4) is 0 Å². The predicted molar refractivity (Wildman–Crippen MR) is 43.5 cm³/mol. The highest BCUT2D eigenvalue weighted by molar-refractivity contribution is 5.65. The summed E-state index contributed by atoms with van der Waals surface area (Å²) >= 11 is 0. The number of aliphatic carboxylic acids is 1. The molecule has 13 heavy (non-hydrogen) atoms. The lowest BCUT2D eigenvalue weighted by atomic mass is 10.8. The molecule has 0 atom stereocenters. The summed E-state index contributed by atoms with van der Waals surface area (Å²) in [6, 6.07) is 0. The number of nitrogens with zero attached hydrogens (tertiary/aromatic N) is 2. The highest BCUT2D eigenvalue weighted by atomic mass is 16.5. The van der Waals surface area contributed by atoms with Crippen LogP contribution >= 0.6 is 0 Å². The Kier molecular flexibility index (Phi) is 5.54. The van der Waals surface area contributed by atoms with Crippen molar-refractivity contribution < 1.29 is 19.2 Å². The summed E-state index contributed by atoms with van der Waals surface area (Å²) in [6.45, 7) is -0.319. The van der Waals surface area contributed by atoms with Crippen molar-refractivity contribution in [2.24, 2.45) is 14.1 Å². The second-order valence-corrected chi connectivity index (χ2v) is 2.55. The molecule has 0 spiro atoms. The van der Waals surface area contributed by atoms with E-state index in [1.807, 2.05) is 42.0 Å². The number of aryl methyl sites for hydroxylation is 2. The summed E-state index contributed by atoms with van der Waals surface area (Å²) in [4.78, 5) is 9.36. The first-order valence-electron chi connectivity index (χ1n) is 3.72. The molecule has 0 saturated carbocycles. The fourth-order valence-corrected chi connectivity index (χ4v) is 0.692. The van der Waals surface area contributed by atoms with Crippen LogP contribution in [-0.4, -0.2) is 24.3 Å². The molecule has 1 heterocycles. The maximum absolute atomic E-state index is 9.36. The quantitative estimate of drug-likeness (QED) is 0.514. The summed E-state index contributed by atoms with van der Waals surface area (Å²) in [7, 11) is 5.30. The first-order valence-corrected chi connectivity index (χ1v) is 3.72. The Morgan fingerprint density at radius 2 is 2.31 bits per heavy atom. The van der Waals surface area contributed by atoms with Gasteiger partial charge in [0.05, 0.1) is 26.7 Å². The number of carboxylic acids is 1. The van der Waals surface area contributed by atoms with Crippen LogP contribution < -0.4 is 9.67 Å². The minimum absolute atomic E-state index is 0.319. The number of aromatic nitrogens is 2. The number of imidazole rings is 1. The van der Waals surface area contributed by atoms with Gasteiger partial charge in [-0.3, -0.25) is 0 Å². The largest absolute Gasteiger partial charge is 0.548 e. The van der Waals surface area contributed by atoms with Gasteiger partial charge in [0.1, 0.15) is 12.4 Å². The van der Waals surface area contributed by atoms with Crippen LogP contribution in [0.2, 0.25) is 0 Å². The van der Waals surface area contributed by atoms with Crippen molar-refractivity contribution in [3.05, 3.63) is 18.7 Å². The van der Waals surface area contributed by atoms with Gasteiger partial charge in [-0.1, -0.05) is 0 Å². The van der Waals surface area contributed by atoms with Crippen molar-refractivity contribution in [3.8, 4) is 0 Å². The normalized spacial score (nSPS) is 8.85. The van der Waals surface area contributed by atoms with Crippen molar-refractivity contribution >= 4 is 5.97 Å². The van der Waals surface area contributed by atoms with E-state index in [1.165, 1.54) is 7.11 Å². The number of methoxy groups -OCH3 is 1. The van der Waals surface area contributed by atoms with Crippen LogP contribution in [0.15, 0.2) is 18.7 Å². The Balaban J connectivity index is 0.000000226. The maximum atomic E-state index is 9.36. The van der Waals surface area contributed by atoms with Crippen molar-refractivity contribution in [1.29, 1.82) is 0 Å². The molecule has 0 aliphatic rings. The Bertz CT molecular complexity index is 241. The van der Waals surface area contributed by atoms with E-state index >= 15 is 0 Å². The molecule has 0 aliphatic carbocycles. The summed E-state index contributed by atoms with van der Waals surface area (Å²) in [5, 5.41) is 9.36. The van der Waals surface area contributed by atoms with E-state index < -0.39 is 5.97 Å². The third-order valence-corrected chi connectivity index (χ3v) is 1.16. The lowest BCUT2D eigenvalue weighted by Gasteiger charge is -1.94. The molecule has 5 nitrogen and oxygen atoms in total. The van der Waals surface area contributed by atoms with E-state index in [2.05, 4.69) is 4.74 Å². The average molecular weight is 186 g/mol. The topological polar surface area (TPSA) is 58.2 Å². The molecule has 0 amide bonds. The zero-order valence-corrected chi connectivity index (χ0v) is 8.06. The molecular weight excluding hydrogens is 172 g/mol. The Morgan fingerprint density at radius 3 is 2.38 bits per heavy atom. The summed E-state index contributed by atoms with van der Waals surface area (Å²) in [5.41, 5.74) is 0. The molecule has 1 aromatic rings. The highest BCUT2D eigenvalue weighted by Crippen LogP contribution is 1.70. The molecule has 0 fully saturated rings. The number of ether oxygens (including phenoxy) is 1. The molecule has 5 heteroatoms. The molecule has 0 bridgehead atoms. The lowest BCUT2D eigenvalue weighted by molar-refractivity contribution is -0.670. The number of carbonyl (C=O) groups excluding carboxylic acids is 1. The van der Waals surface area contributed by atoms with Crippen LogP contribution in [0.25, 0.3) is 0 Å². The third kappa shape index (κ3) is 7.02. The van der Waals surface area contributed by atoms with Gasteiger partial charge >= 0.3 is 0 Å². The molecule has 74 valence electrons. The standard InChI is InChI=1S/C5H9N2.C3H6O3/c1-6-3-4-7(2)5-6;1-6-2-3(4)5/h3-5H,1-2H3;2H2,1H3,(H,4,5)/q+1;/p-1. The number of carbonyl (C=O) groups is 1. The van der Waals surface area contributed by atoms with Crippen LogP contribution in [0, 0.1) is 0 Å². The van der Waals surface area contributed by atoms with Crippen molar-refractivity contribution in [1.82, 2.24) is 4.57 Å². The van der Waals surface area contributed by atoms with Gasteiger partial charge in [0, 0.05) is 7.11 Å². The zero-order chi connectivity index (χ0) is 10.3. The molecule has 1 aromatic heterocycles. The SMILES string of the molecule is COCC(=O)[O-].Cn1cc[n+](C)c1. The van der Waals surface area contributed by atoms with Gasteiger partial charge in [-0.05, 0) is 0 Å². The smallest absolute Gasteiger partial charge is 0.243 e. The minimum Gasteiger partial charge on any atom is -0.548 e. The molecule has 0 saturated heterocycles. The average Bonchev–Trinajstić information content (AvgIpc) is 2.35. The Morgan fingerprint density at radius 1 is 1.69 bits per heavy atom. The maximum Gasteiger partial charge on any atom is 0.243 e. The first-order chi connectivity index (χ1) is 6.06. The fraction of sp³-hybridized carbons (Fsp3) is 0.500. The van der Waals surface area contributed by atoms with Crippen molar-refractivity contribution in [3.63, 3.8) is 0 Å². The second kappa shape index (κ2) is 6.19. The van der Waals surface area contributed by atoms with E-state index in [-0.39, 0.29) is 6.61 Å². The Hall–Kier alpha value is -1.36. The van der Waals surface area contributed by atoms with E-state index in [4.69, 9.17) is 0 Å². The third-order valence-electron chi connectivity index (χ3n) is 1.16. The summed E-state index contributed by atoms with van der Waals surface area (Å²) in [5.74, 6) is -1.18. The number of rotatable bonds is 2. The monoisotopic (exact) mass is 186 g/mol. The molecule has 1 rings (SSSR count). The number of carboxylic acid groups (broad SMARTS) is 1. The van der Waals surface area contributed by atoms with Gasteiger partial charge < -0.3 is 14.6 Å². The summed E-state index contributed by atoms with van der Waals surface area (Å²) < 4.78 is 8.14. The molecule has 0 aromatic carbocycles. The van der Waals surface area contributed by atoms with Gasteiger partial charge in [-0.25, -0.2) is 9.13 Å². The van der Waals surface area contributed by atoms with E-state index in [1.54, 1.807) is 0 Å². The highest BCUT2D eigenvalue weighted by Gasteiger charge is 1.87. The molecule has 0 aliphatic heterocycles. The van der Waals surface area contributed by atoms with Gasteiger partial charge in [0.15, 0.2) is 0 Å². The molecule has 0 N–H and O–H groups in total. The number of hydrogen-bond acceptors (Lipinski definition) is 3. The molecule has 0 radical (unpaired) electrons. The fourth-order valence-electron chi connectivity index (χ4n) is 0.692. The van der Waals surface area contributed by atoms with Gasteiger partial charge in [-0.2, -0.15) is 0 Å². The van der Waals surface area contributed by atoms with Gasteiger partial charge in [0.2, 0.25) is 6.33 Å². The van der Waals surface area contributed by atoms with Crippen molar-refractivity contribution in [2.45, 2.75) is 0 Å². The summed E-state index contributed by atoms with van der Waals surface area (Å²) in [6.07, 6.45) is 6.00. The number of hydrogen-bond donors (Lipinski definition) is 0. The van der Waals surface area contributed by atoms with Crippen molar-refractivity contribution in [2.75, 3.05) is 13.7 Å². The predicted octanol–water partition coefficient (Wildman–Crippen LogP) is -1.77.